The molecule has 0 atom stereocenters. The highest BCUT2D eigenvalue weighted by molar-refractivity contribution is 7.80. The molecule has 0 heterocycles. The van der Waals surface area contributed by atoms with Crippen molar-refractivity contribution in [2.75, 3.05) is 6.54 Å². The molecule has 13 heavy (non-hydrogen) atoms. The SMILES string of the molecule is NC(=S)CCNC(=O)CC(F)(F)F. The molecular weight excluding hydrogens is 205 g/mol. The molecule has 0 aliphatic carbocycles. The van der Waals surface area contributed by atoms with Gasteiger partial charge >= 0.3 is 6.18 Å². The summed E-state index contributed by atoms with van der Waals surface area (Å²) in [5, 5.41) is 2.04. The highest BCUT2D eigenvalue weighted by Crippen LogP contribution is 2.18. The minimum Gasteiger partial charge on any atom is -0.393 e. The zero-order valence-corrected chi connectivity index (χ0v) is 7.47. The van der Waals surface area contributed by atoms with E-state index in [2.05, 4.69) is 12.2 Å². The lowest BCUT2D eigenvalue weighted by molar-refractivity contribution is -0.153. The fraction of sp³-hybridized carbons (Fsp3) is 0.667. The zero-order chi connectivity index (χ0) is 10.5. The molecule has 1 amide bonds. The Morgan fingerprint density at radius 3 is 2.38 bits per heavy atom. The van der Waals surface area contributed by atoms with Crippen LogP contribution < -0.4 is 11.1 Å². The van der Waals surface area contributed by atoms with E-state index < -0.39 is 18.5 Å². The number of thiocarbonyl (C=S) groups is 1. The predicted molar refractivity (Wildman–Crippen MR) is 45.1 cm³/mol. The summed E-state index contributed by atoms with van der Waals surface area (Å²) in [5.41, 5.74) is 5.06. The molecule has 76 valence electrons. The quantitative estimate of drug-likeness (QED) is 0.678. The first-order valence-corrected chi connectivity index (χ1v) is 3.84. The van der Waals surface area contributed by atoms with E-state index in [1.54, 1.807) is 0 Å². The molecule has 0 spiro atoms. The van der Waals surface area contributed by atoms with Gasteiger partial charge in [-0.1, -0.05) is 12.2 Å². The van der Waals surface area contributed by atoms with E-state index in [1.165, 1.54) is 0 Å². The van der Waals surface area contributed by atoms with Crippen molar-refractivity contribution in [1.82, 2.24) is 5.32 Å². The summed E-state index contributed by atoms with van der Waals surface area (Å²) >= 11 is 4.46. The van der Waals surface area contributed by atoms with Crippen molar-refractivity contribution < 1.29 is 18.0 Å². The maximum absolute atomic E-state index is 11.6. The highest BCUT2D eigenvalue weighted by Gasteiger charge is 2.30. The number of rotatable bonds is 4. The molecule has 0 aromatic carbocycles. The van der Waals surface area contributed by atoms with Crippen LogP contribution in [0.25, 0.3) is 0 Å². The van der Waals surface area contributed by atoms with Crippen molar-refractivity contribution in [2.45, 2.75) is 19.0 Å². The van der Waals surface area contributed by atoms with Crippen LogP contribution >= 0.6 is 12.2 Å². The van der Waals surface area contributed by atoms with Crippen LogP contribution in [0.1, 0.15) is 12.8 Å². The smallest absolute Gasteiger partial charge is 0.393 e. The van der Waals surface area contributed by atoms with Crippen molar-refractivity contribution in [3.63, 3.8) is 0 Å². The fourth-order valence-corrected chi connectivity index (χ4v) is 0.672. The first-order chi connectivity index (χ1) is 5.81. The van der Waals surface area contributed by atoms with Crippen molar-refractivity contribution in [3.8, 4) is 0 Å². The second kappa shape index (κ2) is 5.00. The summed E-state index contributed by atoms with van der Waals surface area (Å²) < 4.78 is 34.7. The molecule has 0 bridgehead atoms. The Hall–Kier alpha value is -0.850. The summed E-state index contributed by atoms with van der Waals surface area (Å²) in [7, 11) is 0. The van der Waals surface area contributed by atoms with E-state index >= 15 is 0 Å². The molecule has 3 nitrogen and oxygen atoms in total. The maximum Gasteiger partial charge on any atom is 0.397 e. The van der Waals surface area contributed by atoms with Crippen LogP contribution in [0.15, 0.2) is 0 Å². The molecule has 0 radical (unpaired) electrons. The molecule has 0 saturated carbocycles. The largest absolute Gasteiger partial charge is 0.397 e. The van der Waals surface area contributed by atoms with E-state index in [1.807, 2.05) is 5.32 Å². The van der Waals surface area contributed by atoms with E-state index in [0.29, 0.717) is 0 Å². The lowest BCUT2D eigenvalue weighted by atomic mass is 10.3. The van der Waals surface area contributed by atoms with Crippen molar-refractivity contribution >= 4 is 23.1 Å². The Morgan fingerprint density at radius 2 is 2.00 bits per heavy atom. The number of hydrogen-bond donors (Lipinski definition) is 2. The molecule has 0 rings (SSSR count). The van der Waals surface area contributed by atoms with Crippen LogP contribution in [-0.2, 0) is 4.79 Å². The molecule has 0 fully saturated rings. The number of amides is 1. The fourth-order valence-electron chi connectivity index (χ4n) is 0.570. The molecule has 0 unspecified atom stereocenters. The van der Waals surface area contributed by atoms with Crippen LogP contribution in [0.3, 0.4) is 0 Å². The average Bonchev–Trinajstić information content (AvgIpc) is 1.81. The van der Waals surface area contributed by atoms with E-state index in [0.717, 1.165) is 0 Å². The number of carbonyl (C=O) groups is 1. The van der Waals surface area contributed by atoms with E-state index in [4.69, 9.17) is 5.73 Å². The van der Waals surface area contributed by atoms with Crippen LogP contribution in [0.5, 0.6) is 0 Å². The number of alkyl halides is 3. The summed E-state index contributed by atoms with van der Waals surface area (Å²) in [6.07, 6.45) is -5.73. The molecule has 0 aliphatic rings. The predicted octanol–water partition coefficient (Wildman–Crippen LogP) is 0.731. The summed E-state index contributed by atoms with van der Waals surface area (Å²) in [5.74, 6) is -1.07. The number of halogens is 3. The van der Waals surface area contributed by atoms with Gasteiger partial charge in [-0.2, -0.15) is 13.2 Å². The van der Waals surface area contributed by atoms with Gasteiger partial charge in [0.25, 0.3) is 0 Å². The Kier molecular flexibility index (Phi) is 4.68. The van der Waals surface area contributed by atoms with Gasteiger partial charge in [-0.25, -0.2) is 0 Å². The monoisotopic (exact) mass is 214 g/mol. The van der Waals surface area contributed by atoms with Gasteiger partial charge in [-0.05, 0) is 0 Å². The third kappa shape index (κ3) is 9.06. The van der Waals surface area contributed by atoms with Crippen molar-refractivity contribution in [1.29, 1.82) is 0 Å². The van der Waals surface area contributed by atoms with Crippen LogP contribution in [-0.4, -0.2) is 23.6 Å². The van der Waals surface area contributed by atoms with E-state index in [-0.39, 0.29) is 18.0 Å². The summed E-state index contributed by atoms with van der Waals surface area (Å²) in [6, 6.07) is 0. The number of nitrogens with one attached hydrogen (secondary N) is 1. The Morgan fingerprint density at radius 1 is 1.46 bits per heavy atom. The Labute approximate surface area is 78.5 Å². The van der Waals surface area contributed by atoms with Gasteiger partial charge in [-0.15, -0.1) is 0 Å². The second-order valence-electron chi connectivity index (χ2n) is 2.36. The minimum absolute atomic E-state index is 0.0459. The van der Waals surface area contributed by atoms with Gasteiger partial charge < -0.3 is 11.1 Å². The van der Waals surface area contributed by atoms with Crippen LogP contribution in [0.2, 0.25) is 0 Å². The molecule has 0 saturated heterocycles. The molecule has 0 aliphatic heterocycles. The topological polar surface area (TPSA) is 55.1 Å². The van der Waals surface area contributed by atoms with Gasteiger partial charge in [0.1, 0.15) is 6.42 Å². The Balaban J connectivity index is 3.59. The minimum atomic E-state index is -4.46. The first kappa shape index (κ1) is 12.2. The average molecular weight is 214 g/mol. The summed E-state index contributed by atoms with van der Waals surface area (Å²) in [4.78, 5) is 10.7. The second-order valence-corrected chi connectivity index (χ2v) is 2.88. The number of nitrogens with two attached hydrogens (primary N) is 1. The third-order valence-electron chi connectivity index (χ3n) is 1.05. The van der Waals surface area contributed by atoms with Gasteiger partial charge in [0.2, 0.25) is 5.91 Å². The van der Waals surface area contributed by atoms with Crippen LogP contribution in [0.4, 0.5) is 13.2 Å². The van der Waals surface area contributed by atoms with Crippen LogP contribution in [0, 0.1) is 0 Å². The summed E-state index contributed by atoms with van der Waals surface area (Å²) in [6.45, 7) is 0.0459. The van der Waals surface area contributed by atoms with E-state index in [9.17, 15) is 18.0 Å². The van der Waals surface area contributed by atoms with Crippen molar-refractivity contribution in [2.24, 2.45) is 5.73 Å². The van der Waals surface area contributed by atoms with Crippen molar-refractivity contribution in [3.05, 3.63) is 0 Å². The van der Waals surface area contributed by atoms with Gasteiger partial charge in [-0.3, -0.25) is 4.79 Å². The zero-order valence-electron chi connectivity index (χ0n) is 6.65. The van der Waals surface area contributed by atoms with Gasteiger partial charge in [0.05, 0.1) is 4.99 Å². The molecule has 3 N–H and O–H groups in total. The van der Waals surface area contributed by atoms with Gasteiger partial charge in [0.15, 0.2) is 0 Å². The molecule has 0 aromatic rings. The lowest BCUT2D eigenvalue weighted by Crippen LogP contribution is -2.30. The molecular formula is C6H9F3N2OS. The highest BCUT2D eigenvalue weighted by atomic mass is 32.1. The standard InChI is InChI=1S/C6H9F3N2OS/c7-6(8,9)3-5(12)11-2-1-4(10)13/h1-3H2,(H2,10,13)(H,11,12). The normalized spacial score (nSPS) is 11.0. The number of hydrogen-bond acceptors (Lipinski definition) is 2. The lowest BCUT2D eigenvalue weighted by Gasteiger charge is -2.06. The third-order valence-corrected chi connectivity index (χ3v) is 1.26. The first-order valence-electron chi connectivity index (χ1n) is 3.43. The van der Waals surface area contributed by atoms with Gasteiger partial charge in [0, 0.05) is 13.0 Å². The Bertz CT molecular complexity index is 205. The molecule has 0 aromatic heterocycles. The molecule has 7 heteroatoms. The number of carbonyl (C=O) groups excluding carboxylic acids is 1. The maximum atomic E-state index is 11.6.